The molecule has 0 saturated carbocycles. The van der Waals surface area contributed by atoms with Crippen molar-refractivity contribution in [1.29, 1.82) is 0 Å². The summed E-state index contributed by atoms with van der Waals surface area (Å²) in [5, 5.41) is 0. The number of nitrogens with zero attached hydrogens (tertiary/aromatic N) is 1. The normalized spacial score (nSPS) is 9.88. The number of aromatic nitrogens is 1. The van der Waals surface area contributed by atoms with Crippen molar-refractivity contribution in [3.05, 3.63) is 66.9 Å². The molecule has 0 aliphatic heterocycles. The SMILES string of the molecule is [Pt].[c-]1c2cccccc-2cc1-c1ccccn1. The topological polar surface area (TPSA) is 12.9 Å². The molecule has 0 amide bonds. The van der Waals surface area contributed by atoms with Crippen LogP contribution in [-0.4, -0.2) is 4.98 Å². The van der Waals surface area contributed by atoms with Gasteiger partial charge in [0.15, 0.2) is 0 Å². The summed E-state index contributed by atoms with van der Waals surface area (Å²) in [6.07, 6.45) is 1.81. The van der Waals surface area contributed by atoms with Crippen LogP contribution in [-0.2, 0) is 21.1 Å². The maximum absolute atomic E-state index is 4.33. The van der Waals surface area contributed by atoms with Crippen LogP contribution in [0.15, 0.2) is 60.8 Å². The van der Waals surface area contributed by atoms with E-state index >= 15 is 0 Å². The Morgan fingerprint density at radius 2 is 1.65 bits per heavy atom. The first kappa shape index (κ1) is 12.0. The van der Waals surface area contributed by atoms with Crippen molar-refractivity contribution >= 4 is 0 Å². The van der Waals surface area contributed by atoms with Gasteiger partial charge in [0.05, 0.1) is 0 Å². The summed E-state index contributed by atoms with van der Waals surface area (Å²) in [5.41, 5.74) is 4.36. The molecule has 0 atom stereocenters. The molecule has 0 saturated heterocycles. The molecule has 0 unspecified atom stereocenters. The van der Waals surface area contributed by atoms with E-state index in [4.69, 9.17) is 0 Å². The van der Waals surface area contributed by atoms with Gasteiger partial charge >= 0.3 is 0 Å². The van der Waals surface area contributed by atoms with Crippen LogP contribution < -0.4 is 0 Å². The minimum absolute atomic E-state index is 0. The van der Waals surface area contributed by atoms with Gasteiger partial charge in [-0.1, -0.05) is 36.4 Å². The molecule has 0 aromatic carbocycles. The summed E-state index contributed by atoms with van der Waals surface area (Å²) in [6.45, 7) is 0. The van der Waals surface area contributed by atoms with Gasteiger partial charge in [-0.15, -0.1) is 34.9 Å². The van der Waals surface area contributed by atoms with Gasteiger partial charge in [0.2, 0.25) is 0 Å². The zero-order chi connectivity index (χ0) is 10.8. The van der Waals surface area contributed by atoms with Crippen LogP contribution in [0.4, 0.5) is 0 Å². The first-order valence-electron chi connectivity index (χ1n) is 5.26. The van der Waals surface area contributed by atoms with E-state index < -0.39 is 0 Å². The summed E-state index contributed by atoms with van der Waals surface area (Å²) in [5.74, 6) is 0. The fraction of sp³-hybridized carbons (Fsp3) is 0. The van der Waals surface area contributed by atoms with Crippen molar-refractivity contribution in [2.45, 2.75) is 0 Å². The van der Waals surface area contributed by atoms with E-state index in [9.17, 15) is 0 Å². The first-order chi connectivity index (χ1) is 7.93. The maximum Gasteiger partial charge on any atom is 0.0183 e. The monoisotopic (exact) mass is 399 g/mol. The van der Waals surface area contributed by atoms with Gasteiger partial charge in [-0.3, -0.25) is 4.98 Å². The second-order valence-electron chi connectivity index (χ2n) is 3.68. The van der Waals surface area contributed by atoms with E-state index in [-0.39, 0.29) is 21.1 Å². The largest absolute Gasteiger partial charge is 0.295 e. The zero-order valence-corrected chi connectivity index (χ0v) is 11.3. The minimum Gasteiger partial charge on any atom is -0.295 e. The Morgan fingerprint density at radius 3 is 2.47 bits per heavy atom. The zero-order valence-electron chi connectivity index (χ0n) is 9.04. The summed E-state index contributed by atoms with van der Waals surface area (Å²) >= 11 is 0. The number of hydrogen-bond acceptors (Lipinski definition) is 1. The van der Waals surface area contributed by atoms with E-state index in [2.05, 4.69) is 29.2 Å². The van der Waals surface area contributed by atoms with Gasteiger partial charge in [-0.25, -0.2) is 0 Å². The van der Waals surface area contributed by atoms with E-state index in [1.165, 1.54) is 5.56 Å². The molecular formula is C15H10NPt-. The summed E-state index contributed by atoms with van der Waals surface area (Å²) < 4.78 is 0. The summed E-state index contributed by atoms with van der Waals surface area (Å²) in [7, 11) is 0. The van der Waals surface area contributed by atoms with Crippen molar-refractivity contribution in [3.8, 4) is 22.4 Å². The summed E-state index contributed by atoms with van der Waals surface area (Å²) in [6, 6.07) is 21.7. The molecule has 86 valence electrons. The van der Waals surface area contributed by atoms with Crippen molar-refractivity contribution in [2.24, 2.45) is 0 Å². The molecule has 2 aliphatic carbocycles. The van der Waals surface area contributed by atoms with Crippen molar-refractivity contribution in [1.82, 2.24) is 4.98 Å². The van der Waals surface area contributed by atoms with Crippen LogP contribution in [0.25, 0.3) is 22.4 Å². The van der Waals surface area contributed by atoms with Crippen LogP contribution in [0, 0.1) is 6.07 Å². The van der Waals surface area contributed by atoms with Crippen LogP contribution >= 0.6 is 0 Å². The Bertz CT molecular complexity index is 547. The Balaban J connectivity index is 0.00000108. The molecule has 0 N–H and O–H groups in total. The molecule has 0 radical (unpaired) electrons. The molecule has 3 rings (SSSR count). The first-order valence-corrected chi connectivity index (χ1v) is 5.26. The van der Waals surface area contributed by atoms with E-state index in [1.807, 2.05) is 36.4 Å². The Hall–Kier alpha value is -1.46. The minimum atomic E-state index is 0. The van der Waals surface area contributed by atoms with Gasteiger partial charge in [-0.05, 0) is 6.07 Å². The average Bonchev–Trinajstić information content (AvgIpc) is 2.62. The predicted octanol–water partition coefficient (Wildman–Crippen LogP) is 3.65. The number of rotatable bonds is 1. The van der Waals surface area contributed by atoms with Crippen molar-refractivity contribution < 1.29 is 21.1 Å². The molecule has 1 heterocycles. The van der Waals surface area contributed by atoms with E-state index in [0.29, 0.717) is 0 Å². The predicted molar refractivity (Wildman–Crippen MR) is 65.1 cm³/mol. The van der Waals surface area contributed by atoms with E-state index in [1.54, 1.807) is 6.20 Å². The van der Waals surface area contributed by atoms with Gasteiger partial charge in [0, 0.05) is 33.0 Å². The van der Waals surface area contributed by atoms with Crippen molar-refractivity contribution in [3.63, 3.8) is 0 Å². The van der Waals surface area contributed by atoms with E-state index in [0.717, 1.165) is 16.8 Å². The summed E-state index contributed by atoms with van der Waals surface area (Å²) in [4.78, 5) is 4.33. The van der Waals surface area contributed by atoms with Crippen molar-refractivity contribution in [2.75, 3.05) is 0 Å². The Labute approximate surface area is 115 Å². The standard InChI is InChI=1S/C15H10N.Pt/c1-2-6-12-10-14(11-13(12)7-3-1)15-8-4-5-9-16-15;/h1-10H;/q-1;. The molecule has 1 aromatic heterocycles. The number of pyridine rings is 1. The molecule has 1 nitrogen and oxygen atoms in total. The number of hydrogen-bond donors (Lipinski definition) is 0. The van der Waals surface area contributed by atoms with Gasteiger partial charge < -0.3 is 0 Å². The van der Waals surface area contributed by atoms with Crippen LogP contribution in [0.2, 0.25) is 0 Å². The Kier molecular flexibility index (Phi) is 3.71. The second-order valence-corrected chi connectivity index (χ2v) is 3.68. The van der Waals surface area contributed by atoms with Crippen LogP contribution in [0.3, 0.4) is 0 Å². The maximum atomic E-state index is 4.33. The third kappa shape index (κ3) is 2.45. The molecule has 1 aromatic rings. The molecule has 2 aliphatic rings. The molecule has 0 spiro atoms. The molecule has 2 heteroatoms. The third-order valence-electron chi connectivity index (χ3n) is 2.58. The fourth-order valence-corrected chi connectivity index (χ4v) is 1.80. The number of fused-ring (bicyclic) bond motifs is 1. The quantitative estimate of drug-likeness (QED) is 0.570. The Morgan fingerprint density at radius 1 is 0.824 bits per heavy atom. The second kappa shape index (κ2) is 5.25. The molecular weight excluding hydrogens is 389 g/mol. The van der Waals surface area contributed by atoms with Crippen LogP contribution in [0.5, 0.6) is 0 Å². The van der Waals surface area contributed by atoms with Crippen LogP contribution in [0.1, 0.15) is 0 Å². The fourth-order valence-electron chi connectivity index (χ4n) is 1.80. The molecule has 17 heavy (non-hydrogen) atoms. The van der Waals surface area contributed by atoms with Gasteiger partial charge in [0.1, 0.15) is 0 Å². The van der Waals surface area contributed by atoms with Gasteiger partial charge in [-0.2, -0.15) is 0 Å². The smallest absolute Gasteiger partial charge is 0.0183 e. The van der Waals surface area contributed by atoms with Gasteiger partial charge in [0.25, 0.3) is 0 Å². The molecule has 0 bridgehead atoms. The molecule has 0 fully saturated rings. The average molecular weight is 399 g/mol. The third-order valence-corrected chi connectivity index (χ3v) is 2.58.